The molecule has 0 bridgehead atoms. The van der Waals surface area contributed by atoms with Gasteiger partial charge in [-0.1, -0.05) is 29.8 Å². The first-order chi connectivity index (χ1) is 14.8. The van der Waals surface area contributed by atoms with Crippen LogP contribution in [0.5, 0.6) is 5.75 Å². The van der Waals surface area contributed by atoms with E-state index in [9.17, 15) is 18.0 Å². The number of ether oxygens (including phenoxy) is 1. The monoisotopic (exact) mass is 470 g/mol. The lowest BCUT2D eigenvalue weighted by Gasteiger charge is -2.32. The molecule has 0 saturated carbocycles. The standard InChI is InChI=1S/C20H18ClF3N4O2S/c1-30-12-6-4-11(5-7-12)10-25-19(29)17-16(21)18-26-13(14-3-2-8-31-14)9-15(20(22,23)24)28(18)27-17/h2-8,13,15,26H,9-10H2,1H3,(H,25,29). The second kappa shape index (κ2) is 8.43. The second-order valence-electron chi connectivity index (χ2n) is 6.99. The van der Waals surface area contributed by atoms with Crippen molar-refractivity contribution in [3.63, 3.8) is 0 Å². The molecule has 2 atom stereocenters. The van der Waals surface area contributed by atoms with Crippen molar-refractivity contribution in [1.29, 1.82) is 0 Å². The molecule has 2 aromatic heterocycles. The van der Waals surface area contributed by atoms with Crippen LogP contribution >= 0.6 is 22.9 Å². The highest BCUT2D eigenvalue weighted by atomic mass is 35.5. The first kappa shape index (κ1) is 21.5. The number of halogens is 4. The highest BCUT2D eigenvalue weighted by molar-refractivity contribution is 7.10. The molecule has 2 N–H and O–H groups in total. The van der Waals surface area contributed by atoms with E-state index in [1.165, 1.54) is 11.3 Å². The van der Waals surface area contributed by atoms with Crippen molar-refractivity contribution >= 4 is 34.7 Å². The lowest BCUT2D eigenvalue weighted by atomic mass is 10.0. The molecule has 0 aliphatic carbocycles. The van der Waals surface area contributed by atoms with Crippen LogP contribution in [0.4, 0.5) is 19.0 Å². The number of thiophene rings is 1. The van der Waals surface area contributed by atoms with Gasteiger partial charge in [0.1, 0.15) is 16.6 Å². The van der Waals surface area contributed by atoms with E-state index in [2.05, 4.69) is 15.7 Å². The predicted octanol–water partition coefficient (Wildman–Crippen LogP) is 5.20. The van der Waals surface area contributed by atoms with Gasteiger partial charge in [-0.3, -0.25) is 4.79 Å². The van der Waals surface area contributed by atoms with Gasteiger partial charge >= 0.3 is 6.18 Å². The average molecular weight is 471 g/mol. The second-order valence-corrected chi connectivity index (χ2v) is 8.35. The number of anilines is 1. The third-order valence-corrected chi connectivity index (χ3v) is 6.35. The number of alkyl halides is 3. The number of nitrogens with zero attached hydrogens (tertiary/aromatic N) is 2. The number of fused-ring (bicyclic) bond motifs is 1. The summed E-state index contributed by atoms with van der Waals surface area (Å²) in [6.07, 6.45) is -4.79. The molecule has 31 heavy (non-hydrogen) atoms. The molecule has 1 aromatic carbocycles. The van der Waals surface area contributed by atoms with E-state index < -0.39 is 24.2 Å². The van der Waals surface area contributed by atoms with E-state index in [-0.39, 0.29) is 29.5 Å². The lowest BCUT2D eigenvalue weighted by molar-refractivity contribution is -0.173. The number of rotatable bonds is 5. The normalized spacial score (nSPS) is 18.2. The van der Waals surface area contributed by atoms with Crippen LogP contribution in [0.15, 0.2) is 41.8 Å². The maximum Gasteiger partial charge on any atom is 0.410 e. The van der Waals surface area contributed by atoms with Crippen LogP contribution in [-0.4, -0.2) is 29.0 Å². The number of hydrogen-bond acceptors (Lipinski definition) is 5. The lowest BCUT2D eigenvalue weighted by Crippen LogP contribution is -2.35. The van der Waals surface area contributed by atoms with Crippen molar-refractivity contribution < 1.29 is 22.7 Å². The van der Waals surface area contributed by atoms with Crippen LogP contribution in [0.1, 0.15) is 39.4 Å². The minimum Gasteiger partial charge on any atom is -0.497 e. The SMILES string of the molecule is COc1ccc(CNC(=O)c2nn3c(c2Cl)NC(c2cccs2)CC3C(F)(F)F)cc1. The smallest absolute Gasteiger partial charge is 0.410 e. The highest BCUT2D eigenvalue weighted by Crippen LogP contribution is 2.46. The first-order valence-corrected chi connectivity index (χ1v) is 10.6. The minimum atomic E-state index is -4.54. The molecule has 1 amide bonds. The third kappa shape index (κ3) is 4.35. The van der Waals surface area contributed by atoms with E-state index in [1.807, 2.05) is 0 Å². The molecule has 2 unspecified atom stereocenters. The molecule has 0 saturated heterocycles. The topological polar surface area (TPSA) is 68.2 Å². The zero-order chi connectivity index (χ0) is 22.2. The Kier molecular flexibility index (Phi) is 5.85. The predicted molar refractivity (Wildman–Crippen MR) is 112 cm³/mol. The number of carbonyl (C=O) groups is 1. The molecule has 4 rings (SSSR count). The van der Waals surface area contributed by atoms with E-state index in [4.69, 9.17) is 16.3 Å². The molecule has 164 valence electrons. The van der Waals surface area contributed by atoms with E-state index in [1.54, 1.807) is 48.9 Å². The summed E-state index contributed by atoms with van der Waals surface area (Å²) in [5.74, 6) is 0.00538. The van der Waals surface area contributed by atoms with Gasteiger partial charge < -0.3 is 15.4 Å². The number of carbonyl (C=O) groups excluding carboxylic acids is 1. The Balaban J connectivity index is 1.58. The van der Waals surface area contributed by atoms with Gasteiger partial charge in [-0.05, 0) is 29.1 Å². The summed E-state index contributed by atoms with van der Waals surface area (Å²) >= 11 is 7.67. The Morgan fingerprint density at radius 1 is 1.35 bits per heavy atom. The molecule has 1 aliphatic rings. The number of benzene rings is 1. The van der Waals surface area contributed by atoms with Crippen molar-refractivity contribution in [2.24, 2.45) is 0 Å². The van der Waals surface area contributed by atoms with Gasteiger partial charge in [-0.25, -0.2) is 4.68 Å². The molecule has 0 fully saturated rings. The molecule has 0 radical (unpaired) electrons. The Hall–Kier alpha value is -2.72. The zero-order valence-electron chi connectivity index (χ0n) is 16.2. The fourth-order valence-electron chi connectivity index (χ4n) is 3.42. The Bertz CT molecular complexity index is 1070. The highest BCUT2D eigenvalue weighted by Gasteiger charge is 2.48. The Morgan fingerprint density at radius 3 is 2.71 bits per heavy atom. The molecule has 6 nitrogen and oxygen atoms in total. The van der Waals surface area contributed by atoms with Gasteiger partial charge in [0.25, 0.3) is 5.91 Å². The van der Waals surface area contributed by atoms with Gasteiger partial charge in [-0.15, -0.1) is 11.3 Å². The summed E-state index contributed by atoms with van der Waals surface area (Å²) < 4.78 is 47.2. The Labute approximate surface area is 185 Å². The summed E-state index contributed by atoms with van der Waals surface area (Å²) in [6.45, 7) is 0.162. The van der Waals surface area contributed by atoms with Gasteiger partial charge in [-0.2, -0.15) is 18.3 Å². The summed E-state index contributed by atoms with van der Waals surface area (Å²) in [5.41, 5.74) is 0.539. The van der Waals surface area contributed by atoms with Gasteiger partial charge in [0, 0.05) is 17.8 Å². The maximum absolute atomic E-state index is 13.8. The first-order valence-electron chi connectivity index (χ1n) is 9.33. The summed E-state index contributed by atoms with van der Waals surface area (Å²) in [5, 5.41) is 11.3. The van der Waals surface area contributed by atoms with Crippen molar-refractivity contribution in [1.82, 2.24) is 15.1 Å². The van der Waals surface area contributed by atoms with Crippen molar-refractivity contribution in [3.05, 3.63) is 62.9 Å². The molecular weight excluding hydrogens is 453 g/mol. The van der Waals surface area contributed by atoms with Gasteiger partial charge in [0.2, 0.25) is 0 Å². The molecule has 11 heteroatoms. The maximum atomic E-state index is 13.8. The van der Waals surface area contributed by atoms with E-state index in [0.717, 1.165) is 15.1 Å². The van der Waals surface area contributed by atoms with Crippen LogP contribution in [-0.2, 0) is 6.54 Å². The third-order valence-electron chi connectivity index (χ3n) is 5.01. The minimum absolute atomic E-state index is 0.0109. The van der Waals surface area contributed by atoms with Crippen molar-refractivity contribution in [2.75, 3.05) is 12.4 Å². The van der Waals surface area contributed by atoms with Crippen molar-refractivity contribution in [3.8, 4) is 5.75 Å². The number of aromatic nitrogens is 2. The largest absolute Gasteiger partial charge is 0.497 e. The molecular formula is C20H18ClF3N4O2S. The quantitative estimate of drug-likeness (QED) is 0.538. The van der Waals surface area contributed by atoms with Crippen LogP contribution < -0.4 is 15.4 Å². The number of hydrogen-bond donors (Lipinski definition) is 2. The Morgan fingerprint density at radius 2 is 2.10 bits per heavy atom. The molecule has 1 aliphatic heterocycles. The summed E-state index contributed by atoms with van der Waals surface area (Å²) in [7, 11) is 1.55. The van der Waals surface area contributed by atoms with Crippen molar-refractivity contribution in [2.45, 2.75) is 31.2 Å². The van der Waals surface area contributed by atoms with E-state index in [0.29, 0.717) is 5.75 Å². The van der Waals surface area contributed by atoms with Crippen LogP contribution in [0.25, 0.3) is 0 Å². The average Bonchev–Trinajstić information content (AvgIpc) is 3.40. The number of methoxy groups -OCH3 is 1. The number of nitrogens with one attached hydrogen (secondary N) is 2. The fraction of sp³-hybridized carbons (Fsp3) is 0.300. The molecule has 3 heterocycles. The van der Waals surface area contributed by atoms with E-state index >= 15 is 0 Å². The van der Waals surface area contributed by atoms with Gasteiger partial charge in [0.05, 0.1) is 13.2 Å². The van der Waals surface area contributed by atoms with Gasteiger partial charge in [0.15, 0.2) is 11.7 Å². The fourth-order valence-corrected chi connectivity index (χ4v) is 4.48. The van der Waals surface area contributed by atoms with Crippen LogP contribution in [0, 0.1) is 0 Å². The van der Waals surface area contributed by atoms with Crippen LogP contribution in [0.3, 0.4) is 0 Å². The summed E-state index contributed by atoms with van der Waals surface area (Å²) in [4.78, 5) is 13.4. The zero-order valence-corrected chi connectivity index (χ0v) is 17.8. The molecule has 3 aromatic rings. The summed E-state index contributed by atoms with van der Waals surface area (Å²) in [6, 6.07) is 8.09. The van der Waals surface area contributed by atoms with Crippen LogP contribution in [0.2, 0.25) is 5.02 Å². The molecule has 0 spiro atoms. The number of amides is 1.